The van der Waals surface area contributed by atoms with Crippen LogP contribution < -0.4 is 5.32 Å². The van der Waals surface area contributed by atoms with E-state index in [4.69, 9.17) is 11.6 Å². The number of carbonyl (C=O) groups excluding carboxylic acids is 1. The highest BCUT2D eigenvalue weighted by Crippen LogP contribution is 2.32. The molecule has 1 N–H and O–H groups in total. The van der Waals surface area contributed by atoms with Crippen molar-refractivity contribution in [3.8, 4) is 0 Å². The summed E-state index contributed by atoms with van der Waals surface area (Å²) in [6.45, 7) is 1.57. The second kappa shape index (κ2) is 5.64. The summed E-state index contributed by atoms with van der Waals surface area (Å²) in [5.74, 6) is -0.199. The highest BCUT2D eigenvalue weighted by atomic mass is 35.5. The Hall–Kier alpha value is -1.50. The zero-order valence-corrected chi connectivity index (χ0v) is 11.3. The summed E-state index contributed by atoms with van der Waals surface area (Å²) in [6, 6.07) is 0.126. The summed E-state index contributed by atoms with van der Waals surface area (Å²) < 4.78 is 37.2. The summed E-state index contributed by atoms with van der Waals surface area (Å²) in [4.78, 5) is 16.5. The molecule has 1 aromatic heterocycles. The first-order chi connectivity index (χ1) is 8.62. The number of halogens is 4. The third-order valence-corrected chi connectivity index (χ3v) is 2.62. The topological polar surface area (TPSA) is 45.2 Å². The van der Waals surface area contributed by atoms with Crippen LogP contribution in [0, 0.1) is 0 Å². The molecule has 1 amide bonds. The van der Waals surface area contributed by atoms with Gasteiger partial charge in [-0.25, -0.2) is 4.98 Å². The van der Waals surface area contributed by atoms with Crippen LogP contribution in [0.2, 0.25) is 5.02 Å². The highest BCUT2D eigenvalue weighted by molar-refractivity contribution is 6.33. The van der Waals surface area contributed by atoms with Gasteiger partial charge in [0, 0.05) is 20.3 Å². The van der Waals surface area contributed by atoms with Crippen LogP contribution in [-0.2, 0) is 11.0 Å². The first kappa shape index (κ1) is 15.6. The minimum atomic E-state index is -4.50. The van der Waals surface area contributed by atoms with E-state index in [0.717, 1.165) is 6.07 Å². The van der Waals surface area contributed by atoms with Crippen LogP contribution >= 0.6 is 11.6 Å². The Morgan fingerprint density at radius 2 is 2.05 bits per heavy atom. The van der Waals surface area contributed by atoms with Crippen LogP contribution in [0.3, 0.4) is 0 Å². The number of carbonyl (C=O) groups is 1. The molecule has 1 rings (SSSR count). The molecule has 0 aliphatic carbocycles. The van der Waals surface area contributed by atoms with Crippen molar-refractivity contribution < 1.29 is 18.0 Å². The van der Waals surface area contributed by atoms with Gasteiger partial charge >= 0.3 is 6.18 Å². The maximum atomic E-state index is 12.4. The molecule has 4 nitrogen and oxygen atoms in total. The van der Waals surface area contributed by atoms with Crippen LogP contribution in [0.1, 0.15) is 12.5 Å². The normalized spacial score (nSPS) is 13.0. The van der Waals surface area contributed by atoms with Crippen molar-refractivity contribution in [3.05, 3.63) is 22.8 Å². The van der Waals surface area contributed by atoms with Gasteiger partial charge in [0.15, 0.2) is 0 Å². The van der Waals surface area contributed by atoms with Crippen LogP contribution in [0.25, 0.3) is 0 Å². The van der Waals surface area contributed by atoms with Gasteiger partial charge in [-0.15, -0.1) is 0 Å². The fourth-order valence-electron chi connectivity index (χ4n) is 1.35. The molecule has 0 aliphatic heterocycles. The summed E-state index contributed by atoms with van der Waals surface area (Å²) in [5, 5.41) is 2.48. The molecule has 106 valence electrons. The Labute approximate surface area is 113 Å². The van der Waals surface area contributed by atoms with Gasteiger partial charge in [0.1, 0.15) is 11.9 Å². The van der Waals surface area contributed by atoms with Gasteiger partial charge in [0.05, 0.1) is 10.6 Å². The lowest BCUT2D eigenvalue weighted by Crippen LogP contribution is -2.36. The Morgan fingerprint density at radius 1 is 1.47 bits per heavy atom. The Balaban J connectivity index is 2.90. The highest BCUT2D eigenvalue weighted by Gasteiger charge is 2.31. The van der Waals surface area contributed by atoms with Gasteiger partial charge in [-0.2, -0.15) is 13.2 Å². The van der Waals surface area contributed by atoms with E-state index in [1.165, 1.54) is 4.90 Å². The minimum absolute atomic E-state index is 0.0392. The SMILES string of the molecule is CC(Nc1ncc(C(F)(F)F)cc1Cl)C(=O)N(C)C. The molecule has 0 aromatic carbocycles. The molecule has 0 saturated heterocycles. The Bertz CT molecular complexity index is 477. The summed E-state index contributed by atoms with van der Waals surface area (Å²) >= 11 is 5.71. The van der Waals surface area contributed by atoms with Gasteiger partial charge in [-0.3, -0.25) is 4.79 Å². The zero-order chi connectivity index (χ0) is 14.8. The summed E-state index contributed by atoms with van der Waals surface area (Å²) in [7, 11) is 3.14. The van der Waals surface area contributed by atoms with E-state index in [2.05, 4.69) is 10.3 Å². The van der Waals surface area contributed by atoms with E-state index >= 15 is 0 Å². The smallest absolute Gasteiger partial charge is 0.357 e. The lowest BCUT2D eigenvalue weighted by Gasteiger charge is -2.19. The second-order valence-electron chi connectivity index (χ2n) is 4.15. The number of aromatic nitrogens is 1. The summed E-state index contributed by atoms with van der Waals surface area (Å²) in [6.07, 6.45) is -3.83. The van der Waals surface area contributed by atoms with Gasteiger partial charge in [-0.1, -0.05) is 11.6 Å². The van der Waals surface area contributed by atoms with Crippen LogP contribution in [0.5, 0.6) is 0 Å². The number of rotatable bonds is 3. The van der Waals surface area contributed by atoms with Crippen molar-refractivity contribution in [2.24, 2.45) is 0 Å². The molecule has 0 aliphatic rings. The van der Waals surface area contributed by atoms with Crippen molar-refractivity contribution in [2.45, 2.75) is 19.1 Å². The summed E-state index contributed by atoms with van der Waals surface area (Å²) in [5.41, 5.74) is -0.936. The number of hydrogen-bond donors (Lipinski definition) is 1. The van der Waals surface area contributed by atoms with E-state index in [-0.39, 0.29) is 16.7 Å². The van der Waals surface area contributed by atoms with Gasteiger partial charge in [-0.05, 0) is 13.0 Å². The molecule has 1 aromatic rings. The Morgan fingerprint density at radius 3 is 2.47 bits per heavy atom. The lowest BCUT2D eigenvalue weighted by molar-refractivity contribution is -0.137. The van der Waals surface area contributed by atoms with Crippen molar-refractivity contribution in [2.75, 3.05) is 19.4 Å². The molecule has 0 fully saturated rings. The van der Waals surface area contributed by atoms with Crippen LogP contribution in [0.15, 0.2) is 12.3 Å². The molecule has 0 saturated carbocycles. The van der Waals surface area contributed by atoms with Gasteiger partial charge in [0.2, 0.25) is 5.91 Å². The molecule has 0 radical (unpaired) electrons. The number of likely N-dealkylation sites (N-methyl/N-ethyl adjacent to an activating group) is 1. The fourth-order valence-corrected chi connectivity index (χ4v) is 1.57. The predicted octanol–water partition coefficient (Wildman–Crippen LogP) is 2.64. The van der Waals surface area contributed by atoms with E-state index < -0.39 is 17.8 Å². The molecular weight excluding hydrogens is 283 g/mol. The standard InChI is InChI=1S/C11H13ClF3N3O/c1-6(10(19)18(2)3)17-9-8(12)4-7(5-16-9)11(13,14)15/h4-6H,1-3H3,(H,16,17). The van der Waals surface area contributed by atoms with Crippen molar-refractivity contribution >= 4 is 23.3 Å². The quantitative estimate of drug-likeness (QED) is 0.932. The van der Waals surface area contributed by atoms with Crippen molar-refractivity contribution in [1.29, 1.82) is 0 Å². The van der Waals surface area contributed by atoms with E-state index in [1.807, 2.05) is 0 Å². The molecule has 1 unspecified atom stereocenters. The average molecular weight is 296 g/mol. The number of pyridine rings is 1. The molecule has 0 bridgehead atoms. The third-order valence-electron chi connectivity index (χ3n) is 2.33. The predicted molar refractivity (Wildman–Crippen MR) is 66.0 cm³/mol. The average Bonchev–Trinajstić information content (AvgIpc) is 2.29. The van der Waals surface area contributed by atoms with Gasteiger partial charge < -0.3 is 10.2 Å². The largest absolute Gasteiger partial charge is 0.417 e. The number of nitrogens with zero attached hydrogens (tertiary/aromatic N) is 2. The van der Waals surface area contributed by atoms with E-state index in [1.54, 1.807) is 21.0 Å². The minimum Gasteiger partial charge on any atom is -0.357 e. The number of nitrogens with one attached hydrogen (secondary N) is 1. The number of amides is 1. The molecule has 0 spiro atoms. The third kappa shape index (κ3) is 3.99. The first-order valence-electron chi connectivity index (χ1n) is 5.33. The van der Waals surface area contributed by atoms with E-state index in [0.29, 0.717) is 6.20 Å². The van der Waals surface area contributed by atoms with Crippen LogP contribution in [0.4, 0.5) is 19.0 Å². The van der Waals surface area contributed by atoms with Crippen molar-refractivity contribution in [3.63, 3.8) is 0 Å². The monoisotopic (exact) mass is 295 g/mol. The maximum Gasteiger partial charge on any atom is 0.417 e. The second-order valence-corrected chi connectivity index (χ2v) is 4.56. The zero-order valence-electron chi connectivity index (χ0n) is 10.5. The van der Waals surface area contributed by atoms with E-state index in [9.17, 15) is 18.0 Å². The first-order valence-corrected chi connectivity index (χ1v) is 5.71. The van der Waals surface area contributed by atoms with Crippen molar-refractivity contribution in [1.82, 2.24) is 9.88 Å². The lowest BCUT2D eigenvalue weighted by atomic mass is 10.2. The maximum absolute atomic E-state index is 12.4. The van der Waals surface area contributed by atoms with Gasteiger partial charge in [0.25, 0.3) is 0 Å². The number of anilines is 1. The Kier molecular flexibility index (Phi) is 4.62. The number of alkyl halides is 3. The molecule has 1 heterocycles. The van der Waals surface area contributed by atoms with Crippen LogP contribution in [-0.4, -0.2) is 35.9 Å². The molecular formula is C11H13ClF3N3O. The number of hydrogen-bond acceptors (Lipinski definition) is 3. The molecule has 19 heavy (non-hydrogen) atoms. The molecule has 1 atom stereocenters. The molecule has 8 heteroatoms. The fraction of sp³-hybridized carbons (Fsp3) is 0.455.